The number of halogens is 2. The van der Waals surface area contributed by atoms with E-state index >= 15 is 0 Å². The van der Waals surface area contributed by atoms with Gasteiger partial charge in [0.05, 0.1) is 18.8 Å². The highest BCUT2D eigenvalue weighted by Gasteiger charge is 2.40. The molecule has 1 N–H and O–H groups in total. The monoisotopic (exact) mass is 292 g/mol. The van der Waals surface area contributed by atoms with Crippen LogP contribution in [0.5, 0.6) is 0 Å². The van der Waals surface area contributed by atoms with Gasteiger partial charge >= 0.3 is 0 Å². The number of ether oxygens (including phenoxy) is 1. The van der Waals surface area contributed by atoms with E-state index in [1.165, 1.54) is 0 Å². The van der Waals surface area contributed by atoms with Crippen molar-refractivity contribution in [1.82, 2.24) is 10.2 Å². The van der Waals surface area contributed by atoms with E-state index in [9.17, 15) is 13.6 Å². The Labute approximate surface area is 119 Å². The molecule has 6 heteroatoms. The summed E-state index contributed by atoms with van der Waals surface area (Å²) in [5, 5.41) is 3.36. The maximum atomic E-state index is 12.4. The first-order valence-corrected chi connectivity index (χ1v) is 7.43. The smallest absolute Gasteiger partial charge is 0.261 e. The van der Waals surface area contributed by atoms with Crippen molar-refractivity contribution in [2.45, 2.75) is 58.7 Å². The number of carbonyl (C=O) groups excluding carboxylic acids is 1. The molecule has 0 aromatic heterocycles. The van der Waals surface area contributed by atoms with E-state index in [4.69, 9.17) is 4.74 Å². The molecular formula is C14H26F2N2O2. The second-order valence-electron chi connectivity index (χ2n) is 5.33. The lowest BCUT2D eigenvalue weighted by Crippen LogP contribution is -2.39. The fourth-order valence-electron chi connectivity index (χ4n) is 2.46. The molecule has 20 heavy (non-hydrogen) atoms. The summed E-state index contributed by atoms with van der Waals surface area (Å²) < 4.78 is 28.9. The molecule has 3 atom stereocenters. The van der Waals surface area contributed by atoms with Crippen molar-refractivity contribution in [3.63, 3.8) is 0 Å². The Kier molecular flexibility index (Phi) is 7.37. The maximum absolute atomic E-state index is 12.4. The zero-order valence-electron chi connectivity index (χ0n) is 12.6. The van der Waals surface area contributed by atoms with Crippen LogP contribution in [0.25, 0.3) is 0 Å². The van der Waals surface area contributed by atoms with E-state index in [1.807, 2.05) is 0 Å². The molecule has 1 amide bonds. The van der Waals surface area contributed by atoms with Gasteiger partial charge in [-0.3, -0.25) is 10.1 Å². The van der Waals surface area contributed by atoms with E-state index in [0.29, 0.717) is 6.54 Å². The van der Waals surface area contributed by atoms with Gasteiger partial charge in [-0.15, -0.1) is 0 Å². The fraction of sp³-hybridized carbons (Fsp3) is 0.929. The number of hydrogen-bond donors (Lipinski definition) is 1. The molecule has 118 valence electrons. The molecule has 1 rings (SSSR count). The lowest BCUT2D eigenvalue weighted by molar-refractivity contribution is -0.131. The van der Waals surface area contributed by atoms with Crippen molar-refractivity contribution in [2.75, 3.05) is 19.8 Å². The first kappa shape index (κ1) is 17.3. The lowest BCUT2D eigenvalue weighted by atomic mass is 9.99. The number of hydrogen-bond acceptors (Lipinski definition) is 3. The zero-order chi connectivity index (χ0) is 15.1. The van der Waals surface area contributed by atoms with E-state index in [1.54, 1.807) is 4.90 Å². The molecular weight excluding hydrogens is 266 g/mol. The van der Waals surface area contributed by atoms with Gasteiger partial charge < -0.3 is 9.64 Å². The highest BCUT2D eigenvalue weighted by molar-refractivity contribution is 5.84. The van der Waals surface area contributed by atoms with Gasteiger partial charge in [-0.05, 0) is 12.3 Å². The van der Waals surface area contributed by atoms with Gasteiger partial charge in [-0.25, -0.2) is 8.78 Å². The average molecular weight is 292 g/mol. The van der Waals surface area contributed by atoms with Crippen molar-refractivity contribution in [2.24, 2.45) is 5.92 Å². The number of amides is 1. The molecule has 1 saturated heterocycles. The molecule has 1 aliphatic heterocycles. The number of alkyl halides is 2. The van der Waals surface area contributed by atoms with Crippen molar-refractivity contribution in [1.29, 1.82) is 0 Å². The van der Waals surface area contributed by atoms with Gasteiger partial charge in [0.15, 0.2) is 0 Å². The summed E-state index contributed by atoms with van der Waals surface area (Å²) in [6.45, 7) is 6.14. The summed E-state index contributed by atoms with van der Waals surface area (Å²) in [6, 6.07) is -0.161. The molecule has 0 spiro atoms. The lowest BCUT2D eigenvalue weighted by Gasteiger charge is -2.23. The Bertz CT molecular complexity index is 303. The van der Waals surface area contributed by atoms with Gasteiger partial charge in [-0.2, -0.15) is 0 Å². The third-order valence-corrected chi connectivity index (χ3v) is 3.79. The van der Waals surface area contributed by atoms with Gasteiger partial charge in [0.1, 0.15) is 6.61 Å². The van der Waals surface area contributed by atoms with E-state index in [0.717, 1.165) is 19.3 Å². The Morgan fingerprint density at radius 3 is 2.65 bits per heavy atom. The third kappa shape index (κ3) is 4.66. The topological polar surface area (TPSA) is 41.6 Å². The van der Waals surface area contributed by atoms with Crippen molar-refractivity contribution >= 4 is 5.91 Å². The van der Waals surface area contributed by atoms with Crippen LogP contribution in [-0.4, -0.2) is 49.2 Å². The molecule has 4 nitrogen and oxygen atoms in total. The Hall–Kier alpha value is -0.750. The van der Waals surface area contributed by atoms with Crippen LogP contribution in [0, 0.1) is 5.92 Å². The first-order chi connectivity index (χ1) is 9.51. The summed E-state index contributed by atoms with van der Waals surface area (Å²) in [5.41, 5.74) is 0. The summed E-state index contributed by atoms with van der Waals surface area (Å²) in [7, 11) is 0. The van der Waals surface area contributed by atoms with Crippen LogP contribution in [0.3, 0.4) is 0 Å². The van der Waals surface area contributed by atoms with Gasteiger partial charge in [0, 0.05) is 6.54 Å². The van der Waals surface area contributed by atoms with Crippen LogP contribution in [0.2, 0.25) is 0 Å². The molecule has 1 aliphatic rings. The zero-order valence-corrected chi connectivity index (χ0v) is 12.6. The second kappa shape index (κ2) is 8.52. The second-order valence-corrected chi connectivity index (χ2v) is 5.33. The minimum atomic E-state index is -2.46. The largest absolute Gasteiger partial charge is 0.374 e. The molecule has 3 unspecified atom stereocenters. The Balaban J connectivity index is 2.53. The Morgan fingerprint density at radius 2 is 2.10 bits per heavy atom. The van der Waals surface area contributed by atoms with Crippen molar-refractivity contribution in [3.8, 4) is 0 Å². The fourth-order valence-corrected chi connectivity index (χ4v) is 2.46. The minimum absolute atomic E-state index is 0.00153. The average Bonchev–Trinajstić information content (AvgIpc) is 2.71. The van der Waals surface area contributed by atoms with Crippen molar-refractivity contribution < 1.29 is 18.3 Å². The summed E-state index contributed by atoms with van der Waals surface area (Å²) in [6.07, 6.45) is 0.307. The molecule has 0 bridgehead atoms. The highest BCUT2D eigenvalue weighted by atomic mass is 19.3. The number of nitrogens with zero attached hydrogens (tertiary/aromatic N) is 1. The van der Waals surface area contributed by atoms with Gasteiger partial charge in [-0.1, -0.05) is 33.6 Å². The predicted octanol–water partition coefficient (Wildman–Crippen LogP) is 2.24. The number of carbonyl (C=O) groups is 1. The van der Waals surface area contributed by atoms with Crippen LogP contribution < -0.4 is 5.32 Å². The van der Waals surface area contributed by atoms with Gasteiger partial charge in [0.2, 0.25) is 5.91 Å². The minimum Gasteiger partial charge on any atom is -0.374 e. The summed E-state index contributed by atoms with van der Waals surface area (Å²) >= 11 is 0. The normalized spacial score (nSPS) is 24.7. The van der Waals surface area contributed by atoms with E-state index in [2.05, 4.69) is 26.1 Å². The van der Waals surface area contributed by atoms with Crippen LogP contribution in [0.1, 0.15) is 40.0 Å². The molecule has 0 radical (unpaired) electrons. The molecule has 1 heterocycles. The van der Waals surface area contributed by atoms with E-state index < -0.39 is 13.0 Å². The van der Waals surface area contributed by atoms with Crippen LogP contribution >= 0.6 is 0 Å². The highest BCUT2D eigenvalue weighted by Crippen LogP contribution is 2.21. The van der Waals surface area contributed by atoms with E-state index in [-0.39, 0.29) is 30.6 Å². The molecule has 0 saturated carbocycles. The summed E-state index contributed by atoms with van der Waals surface area (Å²) in [5.74, 6) is 0.340. The van der Waals surface area contributed by atoms with Crippen LogP contribution in [-0.2, 0) is 9.53 Å². The standard InChI is InChI=1S/C14H26F2N2O2/c1-4-6-12-17-13(10(3)5-2)14(19)18(12)7-8-20-9-11(15)16/h10-13,17H,4-9H2,1-3H3. The molecule has 0 aliphatic carbocycles. The molecule has 0 aromatic rings. The third-order valence-electron chi connectivity index (χ3n) is 3.79. The molecule has 1 fully saturated rings. The first-order valence-electron chi connectivity index (χ1n) is 7.43. The number of rotatable bonds is 9. The number of nitrogens with one attached hydrogen (secondary N) is 1. The predicted molar refractivity (Wildman–Crippen MR) is 73.6 cm³/mol. The Morgan fingerprint density at radius 1 is 1.40 bits per heavy atom. The SMILES string of the molecule is CCCC1NC(C(C)CC)C(=O)N1CCOCC(F)F. The van der Waals surface area contributed by atoms with Gasteiger partial charge in [0.25, 0.3) is 6.43 Å². The van der Waals surface area contributed by atoms with Crippen LogP contribution in [0.4, 0.5) is 8.78 Å². The van der Waals surface area contributed by atoms with Crippen LogP contribution in [0.15, 0.2) is 0 Å². The summed E-state index contributed by atoms with van der Waals surface area (Å²) in [4.78, 5) is 14.1. The quantitative estimate of drug-likeness (QED) is 0.663. The van der Waals surface area contributed by atoms with Crippen molar-refractivity contribution in [3.05, 3.63) is 0 Å². The molecule has 0 aromatic carbocycles. The maximum Gasteiger partial charge on any atom is 0.261 e.